The van der Waals surface area contributed by atoms with Crippen molar-refractivity contribution >= 4 is 11.6 Å². The largest absolute Gasteiger partial charge is 0.298 e. The minimum atomic E-state index is -0.862. The fourth-order valence-electron chi connectivity index (χ4n) is 3.93. The zero-order valence-corrected chi connectivity index (χ0v) is 14.4. The highest BCUT2D eigenvalue weighted by molar-refractivity contribution is 6.18. The first kappa shape index (κ1) is 16.6. The van der Waals surface area contributed by atoms with Gasteiger partial charge in [0.05, 0.1) is 5.41 Å². The van der Waals surface area contributed by atoms with E-state index in [9.17, 15) is 9.59 Å². The van der Waals surface area contributed by atoms with Crippen molar-refractivity contribution in [2.24, 2.45) is 11.3 Å². The van der Waals surface area contributed by atoms with Crippen molar-refractivity contribution < 1.29 is 9.59 Å². The maximum atomic E-state index is 13.4. The standard InChI is InChI=1S/C22H24O2/c1-3-17(14-16-10-6-5-7-11-16)20(23)22(4-2)15-18-12-8-9-13-19(18)21(22)24/h5-13,17H,3-4,14-15H2,1-2H3. The minimum absolute atomic E-state index is 0.0251. The second kappa shape index (κ2) is 6.72. The average Bonchev–Trinajstić information content (AvgIpc) is 2.93. The van der Waals surface area contributed by atoms with Gasteiger partial charge in [-0.2, -0.15) is 0 Å². The molecule has 0 aromatic heterocycles. The van der Waals surface area contributed by atoms with Crippen molar-refractivity contribution in [1.82, 2.24) is 0 Å². The molecule has 2 aromatic carbocycles. The van der Waals surface area contributed by atoms with E-state index in [1.54, 1.807) is 0 Å². The fourth-order valence-corrected chi connectivity index (χ4v) is 3.93. The Morgan fingerprint density at radius 2 is 1.71 bits per heavy atom. The molecule has 2 nitrogen and oxygen atoms in total. The molecular formula is C22H24O2. The molecule has 124 valence electrons. The average molecular weight is 320 g/mol. The van der Waals surface area contributed by atoms with Crippen LogP contribution in [0.4, 0.5) is 0 Å². The fraction of sp³-hybridized carbons (Fsp3) is 0.364. The molecule has 0 spiro atoms. The van der Waals surface area contributed by atoms with Crippen molar-refractivity contribution in [3.63, 3.8) is 0 Å². The van der Waals surface area contributed by atoms with Crippen LogP contribution in [0.3, 0.4) is 0 Å². The highest BCUT2D eigenvalue weighted by Gasteiger charge is 2.51. The predicted molar refractivity (Wildman–Crippen MR) is 96.1 cm³/mol. The first-order valence-electron chi connectivity index (χ1n) is 8.83. The summed E-state index contributed by atoms with van der Waals surface area (Å²) in [5.74, 6) is 0.0419. The Morgan fingerprint density at radius 3 is 2.33 bits per heavy atom. The molecule has 2 unspecified atom stereocenters. The summed E-state index contributed by atoms with van der Waals surface area (Å²) in [4.78, 5) is 26.4. The van der Waals surface area contributed by atoms with Gasteiger partial charge in [0, 0.05) is 11.5 Å². The summed E-state index contributed by atoms with van der Waals surface area (Å²) >= 11 is 0. The normalized spacial score (nSPS) is 20.7. The molecule has 1 aliphatic rings. The van der Waals surface area contributed by atoms with Gasteiger partial charge >= 0.3 is 0 Å². The first-order valence-corrected chi connectivity index (χ1v) is 8.83. The number of fused-ring (bicyclic) bond motifs is 1. The third-order valence-corrected chi connectivity index (χ3v) is 5.45. The van der Waals surface area contributed by atoms with Crippen molar-refractivity contribution in [2.45, 2.75) is 39.5 Å². The summed E-state index contributed by atoms with van der Waals surface area (Å²) < 4.78 is 0. The zero-order chi connectivity index (χ0) is 17.2. The van der Waals surface area contributed by atoms with Gasteiger partial charge in [-0.05, 0) is 36.8 Å². The molecule has 0 fully saturated rings. The maximum Gasteiger partial charge on any atom is 0.176 e. The summed E-state index contributed by atoms with van der Waals surface area (Å²) in [5, 5.41) is 0. The third kappa shape index (κ3) is 2.71. The van der Waals surface area contributed by atoms with Crippen LogP contribution >= 0.6 is 0 Å². The van der Waals surface area contributed by atoms with Crippen LogP contribution < -0.4 is 0 Å². The summed E-state index contributed by atoms with van der Waals surface area (Å²) in [6, 6.07) is 17.8. The van der Waals surface area contributed by atoms with Crippen LogP contribution in [0.25, 0.3) is 0 Å². The molecular weight excluding hydrogens is 296 g/mol. The van der Waals surface area contributed by atoms with Crippen molar-refractivity contribution in [2.75, 3.05) is 0 Å². The van der Waals surface area contributed by atoms with E-state index in [2.05, 4.69) is 12.1 Å². The van der Waals surface area contributed by atoms with Gasteiger partial charge in [0.25, 0.3) is 0 Å². The van der Waals surface area contributed by atoms with Gasteiger partial charge < -0.3 is 0 Å². The molecule has 2 aromatic rings. The van der Waals surface area contributed by atoms with Crippen LogP contribution in [-0.2, 0) is 17.6 Å². The molecule has 0 saturated carbocycles. The first-order chi connectivity index (χ1) is 11.6. The third-order valence-electron chi connectivity index (χ3n) is 5.45. The van der Waals surface area contributed by atoms with Gasteiger partial charge in [-0.3, -0.25) is 9.59 Å². The number of hydrogen-bond acceptors (Lipinski definition) is 2. The van der Waals surface area contributed by atoms with Crippen LogP contribution in [0.15, 0.2) is 54.6 Å². The molecule has 0 aliphatic heterocycles. The van der Waals surface area contributed by atoms with E-state index in [0.29, 0.717) is 19.3 Å². The molecule has 0 radical (unpaired) electrons. The van der Waals surface area contributed by atoms with E-state index in [0.717, 1.165) is 23.1 Å². The Labute approximate surface area is 143 Å². The topological polar surface area (TPSA) is 34.1 Å². The number of Topliss-reactive ketones (excluding diaryl/α,β-unsaturated/α-hetero) is 2. The highest BCUT2D eigenvalue weighted by Crippen LogP contribution is 2.42. The summed E-state index contributed by atoms with van der Waals surface area (Å²) in [6.45, 7) is 4.01. The molecule has 2 heteroatoms. The van der Waals surface area contributed by atoms with Crippen molar-refractivity contribution in [1.29, 1.82) is 0 Å². The summed E-state index contributed by atoms with van der Waals surface area (Å²) in [7, 11) is 0. The van der Waals surface area contributed by atoms with E-state index < -0.39 is 5.41 Å². The van der Waals surface area contributed by atoms with Gasteiger partial charge in [0.1, 0.15) is 5.78 Å². The van der Waals surface area contributed by atoms with E-state index >= 15 is 0 Å². The Balaban J connectivity index is 1.90. The second-order valence-electron chi connectivity index (χ2n) is 6.76. The number of hydrogen-bond donors (Lipinski definition) is 0. The van der Waals surface area contributed by atoms with Gasteiger partial charge in [0.15, 0.2) is 5.78 Å². The number of carbonyl (C=O) groups is 2. The van der Waals surface area contributed by atoms with Gasteiger partial charge in [-0.15, -0.1) is 0 Å². The Morgan fingerprint density at radius 1 is 1.04 bits per heavy atom. The van der Waals surface area contributed by atoms with Gasteiger partial charge in [-0.25, -0.2) is 0 Å². The molecule has 0 saturated heterocycles. The minimum Gasteiger partial charge on any atom is -0.298 e. The zero-order valence-electron chi connectivity index (χ0n) is 14.4. The van der Waals surface area contributed by atoms with Crippen LogP contribution in [0.2, 0.25) is 0 Å². The summed E-state index contributed by atoms with van der Waals surface area (Å²) in [6.07, 6.45) is 2.61. The van der Waals surface area contributed by atoms with Crippen LogP contribution in [0.5, 0.6) is 0 Å². The predicted octanol–water partition coefficient (Wildman–Crippen LogP) is 4.66. The van der Waals surface area contributed by atoms with Crippen LogP contribution in [-0.4, -0.2) is 11.6 Å². The van der Waals surface area contributed by atoms with Gasteiger partial charge in [-0.1, -0.05) is 68.4 Å². The smallest absolute Gasteiger partial charge is 0.176 e. The van der Waals surface area contributed by atoms with E-state index in [4.69, 9.17) is 0 Å². The molecule has 0 bridgehead atoms. The molecule has 0 amide bonds. The van der Waals surface area contributed by atoms with Crippen molar-refractivity contribution in [3.05, 3.63) is 71.3 Å². The molecule has 0 heterocycles. The maximum absolute atomic E-state index is 13.4. The second-order valence-corrected chi connectivity index (χ2v) is 6.76. The lowest BCUT2D eigenvalue weighted by Crippen LogP contribution is -2.41. The van der Waals surface area contributed by atoms with Crippen LogP contribution in [0.1, 0.15) is 48.2 Å². The summed E-state index contributed by atoms with van der Waals surface area (Å²) in [5.41, 5.74) is 2.06. The molecule has 24 heavy (non-hydrogen) atoms. The number of benzene rings is 2. The van der Waals surface area contributed by atoms with Crippen LogP contribution in [0, 0.1) is 11.3 Å². The molecule has 3 rings (SSSR count). The monoisotopic (exact) mass is 320 g/mol. The van der Waals surface area contributed by atoms with E-state index in [1.807, 2.05) is 56.3 Å². The Hall–Kier alpha value is -2.22. The highest BCUT2D eigenvalue weighted by atomic mass is 16.2. The van der Waals surface area contributed by atoms with E-state index in [1.165, 1.54) is 0 Å². The van der Waals surface area contributed by atoms with Crippen molar-refractivity contribution in [3.8, 4) is 0 Å². The SMILES string of the molecule is CCC(Cc1ccccc1)C(=O)C1(CC)Cc2ccccc2C1=O. The lowest BCUT2D eigenvalue weighted by Gasteiger charge is -2.29. The molecule has 0 N–H and O–H groups in total. The number of rotatable bonds is 6. The van der Waals surface area contributed by atoms with Gasteiger partial charge in [0.2, 0.25) is 0 Å². The number of ketones is 2. The molecule has 2 atom stereocenters. The lowest BCUT2D eigenvalue weighted by molar-refractivity contribution is -0.130. The Kier molecular flexibility index (Phi) is 4.66. The number of carbonyl (C=O) groups excluding carboxylic acids is 2. The lowest BCUT2D eigenvalue weighted by atomic mass is 9.71. The quantitative estimate of drug-likeness (QED) is 0.725. The van der Waals surface area contributed by atoms with E-state index in [-0.39, 0.29) is 17.5 Å². The molecule has 1 aliphatic carbocycles. The Bertz CT molecular complexity index is 748.